The number of hydrogen-bond acceptors (Lipinski definition) is 4. The van der Waals surface area contributed by atoms with Crippen LogP contribution in [0.15, 0.2) is 0 Å². The molecule has 0 bridgehead atoms. The Morgan fingerprint density at radius 3 is 2.53 bits per heavy atom. The Balaban J connectivity index is 1.71. The molecule has 1 saturated heterocycles. The van der Waals surface area contributed by atoms with E-state index in [0.29, 0.717) is 0 Å². The number of thiazole rings is 1. The highest BCUT2D eigenvalue weighted by Gasteiger charge is 2.30. The van der Waals surface area contributed by atoms with Crippen LogP contribution in [0.2, 0.25) is 0 Å². The van der Waals surface area contributed by atoms with E-state index in [2.05, 4.69) is 11.8 Å². The van der Waals surface area contributed by atoms with Crippen molar-refractivity contribution < 1.29 is 0 Å². The summed E-state index contributed by atoms with van der Waals surface area (Å²) in [4.78, 5) is 8.83. The zero-order valence-electron chi connectivity index (χ0n) is 11.9. The molecule has 3 nitrogen and oxygen atoms in total. The largest absolute Gasteiger partial charge is 0.323 e. The molecule has 0 aromatic carbocycles. The molecule has 106 valence electrons. The molecule has 3 rings (SSSR count). The highest BCUT2D eigenvalue weighted by molar-refractivity contribution is 7.11. The van der Waals surface area contributed by atoms with Gasteiger partial charge in [0.25, 0.3) is 0 Å². The van der Waals surface area contributed by atoms with Gasteiger partial charge >= 0.3 is 0 Å². The maximum Gasteiger partial charge on any atom is 0.107 e. The first-order valence-corrected chi connectivity index (χ1v) is 8.53. The molecule has 2 N–H and O–H groups in total. The molecule has 0 radical (unpaired) electrons. The van der Waals surface area contributed by atoms with Crippen molar-refractivity contribution in [1.29, 1.82) is 0 Å². The van der Waals surface area contributed by atoms with E-state index in [0.717, 1.165) is 12.5 Å². The first-order chi connectivity index (χ1) is 9.24. The van der Waals surface area contributed by atoms with Gasteiger partial charge in [-0.1, -0.05) is 12.8 Å². The van der Waals surface area contributed by atoms with Gasteiger partial charge in [0, 0.05) is 16.8 Å². The molecule has 2 fully saturated rings. The van der Waals surface area contributed by atoms with Gasteiger partial charge in [-0.25, -0.2) is 4.98 Å². The molecule has 4 heteroatoms. The minimum atomic E-state index is 0.144. The highest BCUT2D eigenvalue weighted by Crippen LogP contribution is 2.44. The summed E-state index contributed by atoms with van der Waals surface area (Å²) in [5.41, 5.74) is 7.43. The van der Waals surface area contributed by atoms with Crippen molar-refractivity contribution in [3.05, 3.63) is 15.6 Å². The van der Waals surface area contributed by atoms with Gasteiger partial charge in [0.15, 0.2) is 0 Å². The zero-order valence-corrected chi connectivity index (χ0v) is 12.7. The molecule has 1 unspecified atom stereocenters. The van der Waals surface area contributed by atoms with Crippen molar-refractivity contribution in [3.8, 4) is 0 Å². The van der Waals surface area contributed by atoms with E-state index in [4.69, 9.17) is 10.7 Å². The lowest BCUT2D eigenvalue weighted by Crippen LogP contribution is -2.23. The first kappa shape index (κ1) is 13.5. The normalized spacial score (nSPS) is 23.3. The van der Waals surface area contributed by atoms with Crippen molar-refractivity contribution in [2.24, 2.45) is 5.73 Å². The summed E-state index contributed by atoms with van der Waals surface area (Å²) in [6.45, 7) is 5.62. The monoisotopic (exact) mass is 279 g/mol. The maximum absolute atomic E-state index is 6.11. The van der Waals surface area contributed by atoms with E-state index in [1.807, 2.05) is 11.3 Å². The topological polar surface area (TPSA) is 42.1 Å². The third kappa shape index (κ3) is 3.36. The lowest BCUT2D eigenvalue weighted by atomic mass is 10.2. The summed E-state index contributed by atoms with van der Waals surface area (Å²) in [7, 11) is 0. The van der Waals surface area contributed by atoms with Crippen molar-refractivity contribution >= 4 is 11.3 Å². The van der Waals surface area contributed by atoms with Gasteiger partial charge in [0.2, 0.25) is 0 Å². The molecule has 1 aromatic heterocycles. The van der Waals surface area contributed by atoms with E-state index in [-0.39, 0.29) is 6.04 Å². The van der Waals surface area contributed by atoms with Crippen LogP contribution in [0, 0.1) is 0 Å². The van der Waals surface area contributed by atoms with Crippen LogP contribution in [0.25, 0.3) is 0 Å². The van der Waals surface area contributed by atoms with Gasteiger partial charge in [-0.3, -0.25) is 4.90 Å². The smallest absolute Gasteiger partial charge is 0.107 e. The molecule has 0 spiro atoms. The first-order valence-electron chi connectivity index (χ1n) is 7.71. The standard InChI is InChI=1S/C15H25N3S/c1-11(16)15-14(12-6-7-12)17-13(19-15)10-18-8-4-2-3-5-9-18/h11-12H,2-10,16H2,1H3. The summed E-state index contributed by atoms with van der Waals surface area (Å²) in [6, 6.07) is 0.144. The third-order valence-corrected chi connectivity index (χ3v) is 5.42. The molecule has 1 saturated carbocycles. The average molecular weight is 279 g/mol. The van der Waals surface area contributed by atoms with Crippen LogP contribution < -0.4 is 5.73 Å². The van der Waals surface area contributed by atoms with Gasteiger partial charge < -0.3 is 5.73 Å². The van der Waals surface area contributed by atoms with Gasteiger partial charge in [-0.2, -0.15) is 0 Å². The van der Waals surface area contributed by atoms with E-state index in [1.54, 1.807) is 0 Å². The Hall–Kier alpha value is -0.450. The number of rotatable bonds is 4. The Morgan fingerprint density at radius 2 is 1.95 bits per heavy atom. The fraction of sp³-hybridized carbons (Fsp3) is 0.800. The molecule has 2 heterocycles. The second-order valence-electron chi connectivity index (χ2n) is 6.11. The number of nitrogens with zero attached hydrogens (tertiary/aromatic N) is 2. The van der Waals surface area contributed by atoms with Crippen LogP contribution in [-0.4, -0.2) is 23.0 Å². The number of nitrogens with two attached hydrogens (primary N) is 1. The molecule has 1 atom stereocenters. The Kier molecular flexibility index (Phi) is 4.20. The van der Waals surface area contributed by atoms with Crippen molar-refractivity contribution in [1.82, 2.24) is 9.88 Å². The Morgan fingerprint density at radius 1 is 1.26 bits per heavy atom. The summed E-state index contributed by atoms with van der Waals surface area (Å²) in [5, 5.41) is 1.29. The number of likely N-dealkylation sites (tertiary alicyclic amines) is 1. The van der Waals surface area contributed by atoms with E-state index >= 15 is 0 Å². The van der Waals surface area contributed by atoms with Crippen molar-refractivity contribution in [2.45, 2.75) is 64.0 Å². The van der Waals surface area contributed by atoms with Crippen LogP contribution in [0.3, 0.4) is 0 Å². The SMILES string of the molecule is CC(N)c1sc(CN2CCCCCC2)nc1C1CC1. The minimum Gasteiger partial charge on any atom is -0.323 e. The van der Waals surface area contributed by atoms with Crippen LogP contribution in [0.5, 0.6) is 0 Å². The number of hydrogen-bond donors (Lipinski definition) is 1. The van der Waals surface area contributed by atoms with Gasteiger partial charge in [0.05, 0.1) is 12.2 Å². The molecule has 0 amide bonds. The Labute approximate surface area is 120 Å². The van der Waals surface area contributed by atoms with Crippen LogP contribution in [0.1, 0.15) is 73.0 Å². The van der Waals surface area contributed by atoms with Crippen LogP contribution in [0.4, 0.5) is 0 Å². The van der Waals surface area contributed by atoms with E-state index in [9.17, 15) is 0 Å². The lowest BCUT2D eigenvalue weighted by molar-refractivity contribution is 0.276. The van der Waals surface area contributed by atoms with Gasteiger partial charge in [-0.05, 0) is 45.7 Å². The highest BCUT2D eigenvalue weighted by atomic mass is 32.1. The quantitative estimate of drug-likeness (QED) is 0.918. The average Bonchev–Trinajstić information content (AvgIpc) is 3.16. The number of aromatic nitrogens is 1. The van der Waals surface area contributed by atoms with Crippen LogP contribution in [-0.2, 0) is 6.54 Å². The van der Waals surface area contributed by atoms with Crippen molar-refractivity contribution in [3.63, 3.8) is 0 Å². The maximum atomic E-state index is 6.11. The van der Waals surface area contributed by atoms with Gasteiger partial charge in [-0.15, -0.1) is 11.3 Å². The second kappa shape index (κ2) is 5.90. The third-order valence-electron chi connectivity index (χ3n) is 4.16. The predicted molar refractivity (Wildman–Crippen MR) is 80.4 cm³/mol. The molecular formula is C15H25N3S. The molecule has 1 aliphatic heterocycles. The summed E-state index contributed by atoms with van der Waals surface area (Å²) >= 11 is 1.86. The van der Waals surface area contributed by atoms with Crippen molar-refractivity contribution in [2.75, 3.05) is 13.1 Å². The lowest BCUT2D eigenvalue weighted by Gasteiger charge is -2.17. The summed E-state index contributed by atoms with van der Waals surface area (Å²) in [5.74, 6) is 0.718. The zero-order chi connectivity index (χ0) is 13.2. The molecule has 2 aliphatic rings. The van der Waals surface area contributed by atoms with Gasteiger partial charge in [0.1, 0.15) is 5.01 Å². The van der Waals surface area contributed by atoms with E-state index in [1.165, 1.54) is 67.2 Å². The molecule has 1 aromatic rings. The summed E-state index contributed by atoms with van der Waals surface area (Å²) < 4.78 is 0. The molecule has 19 heavy (non-hydrogen) atoms. The minimum absolute atomic E-state index is 0.144. The predicted octanol–water partition coefficient (Wildman–Crippen LogP) is 3.42. The fourth-order valence-corrected chi connectivity index (χ4v) is 4.07. The second-order valence-corrected chi connectivity index (χ2v) is 7.23. The van der Waals surface area contributed by atoms with E-state index < -0.39 is 0 Å². The molecule has 1 aliphatic carbocycles. The summed E-state index contributed by atoms with van der Waals surface area (Å²) in [6.07, 6.45) is 8.11. The molecular weight excluding hydrogens is 254 g/mol. The Bertz CT molecular complexity index is 396. The fourth-order valence-electron chi connectivity index (χ4n) is 2.92. The van der Waals surface area contributed by atoms with Crippen LogP contribution >= 0.6 is 11.3 Å².